The Morgan fingerprint density at radius 3 is 2.68 bits per heavy atom. The van der Waals surface area contributed by atoms with Gasteiger partial charge < -0.3 is 15.2 Å². The number of nitrogens with zero attached hydrogens (tertiary/aromatic N) is 2. The van der Waals surface area contributed by atoms with Gasteiger partial charge in [0.05, 0.1) is 12.1 Å². The SMILES string of the molecule is Cc1noc(CNc2ccccc2C(=O)NCC(F)(F)F)n1. The monoisotopic (exact) mass is 314 g/mol. The molecule has 1 heterocycles. The molecule has 0 fully saturated rings. The molecule has 1 aromatic heterocycles. The number of amides is 1. The number of benzene rings is 1. The quantitative estimate of drug-likeness (QED) is 0.885. The Hall–Kier alpha value is -2.58. The van der Waals surface area contributed by atoms with Crippen molar-refractivity contribution in [2.24, 2.45) is 0 Å². The van der Waals surface area contributed by atoms with E-state index in [0.29, 0.717) is 17.4 Å². The van der Waals surface area contributed by atoms with E-state index in [0.717, 1.165) is 0 Å². The van der Waals surface area contributed by atoms with Gasteiger partial charge in [0.2, 0.25) is 5.89 Å². The fraction of sp³-hybridized carbons (Fsp3) is 0.308. The number of halogens is 3. The first kappa shape index (κ1) is 15.8. The number of nitrogens with one attached hydrogen (secondary N) is 2. The maximum atomic E-state index is 12.1. The molecule has 6 nitrogen and oxygen atoms in total. The van der Waals surface area contributed by atoms with Gasteiger partial charge in [-0.3, -0.25) is 4.79 Å². The van der Waals surface area contributed by atoms with Crippen LogP contribution in [-0.4, -0.2) is 28.8 Å². The molecule has 118 valence electrons. The Morgan fingerprint density at radius 1 is 1.32 bits per heavy atom. The second-order valence-electron chi connectivity index (χ2n) is 4.43. The van der Waals surface area contributed by atoms with E-state index in [2.05, 4.69) is 15.5 Å². The number of hydrogen-bond donors (Lipinski definition) is 2. The summed E-state index contributed by atoms with van der Waals surface area (Å²) in [6, 6.07) is 6.21. The van der Waals surface area contributed by atoms with E-state index in [4.69, 9.17) is 4.52 Å². The van der Waals surface area contributed by atoms with Crippen LogP contribution in [0.5, 0.6) is 0 Å². The highest BCUT2D eigenvalue weighted by molar-refractivity contribution is 5.99. The first-order valence-corrected chi connectivity index (χ1v) is 6.32. The number of rotatable bonds is 5. The Labute approximate surface area is 123 Å². The lowest BCUT2D eigenvalue weighted by atomic mass is 10.1. The average molecular weight is 314 g/mol. The zero-order valence-electron chi connectivity index (χ0n) is 11.6. The summed E-state index contributed by atoms with van der Waals surface area (Å²) in [5.74, 6) is -0.0434. The van der Waals surface area contributed by atoms with E-state index < -0.39 is 18.6 Å². The van der Waals surface area contributed by atoms with Gasteiger partial charge >= 0.3 is 6.18 Å². The number of anilines is 1. The van der Waals surface area contributed by atoms with Gasteiger partial charge in [0.15, 0.2) is 5.82 Å². The lowest BCUT2D eigenvalue weighted by Gasteiger charge is -2.12. The van der Waals surface area contributed by atoms with Crippen molar-refractivity contribution in [1.82, 2.24) is 15.5 Å². The number of carbonyl (C=O) groups is 1. The van der Waals surface area contributed by atoms with Crippen LogP contribution in [0.4, 0.5) is 18.9 Å². The average Bonchev–Trinajstić information content (AvgIpc) is 2.88. The fourth-order valence-electron chi connectivity index (χ4n) is 1.69. The molecule has 0 saturated carbocycles. The molecule has 22 heavy (non-hydrogen) atoms. The zero-order valence-corrected chi connectivity index (χ0v) is 11.6. The van der Waals surface area contributed by atoms with E-state index in [1.54, 1.807) is 25.1 Å². The van der Waals surface area contributed by atoms with E-state index in [1.807, 2.05) is 5.32 Å². The van der Waals surface area contributed by atoms with Gasteiger partial charge in [0, 0.05) is 5.69 Å². The molecule has 0 bridgehead atoms. The third kappa shape index (κ3) is 4.47. The van der Waals surface area contributed by atoms with Crippen molar-refractivity contribution in [2.75, 3.05) is 11.9 Å². The van der Waals surface area contributed by atoms with Crippen molar-refractivity contribution in [3.63, 3.8) is 0 Å². The smallest absolute Gasteiger partial charge is 0.375 e. The third-order valence-corrected chi connectivity index (χ3v) is 2.62. The van der Waals surface area contributed by atoms with Gasteiger partial charge in [-0.1, -0.05) is 17.3 Å². The van der Waals surface area contributed by atoms with Crippen molar-refractivity contribution in [1.29, 1.82) is 0 Å². The van der Waals surface area contributed by atoms with Crippen molar-refractivity contribution in [3.05, 3.63) is 41.5 Å². The molecule has 0 unspecified atom stereocenters. The number of alkyl halides is 3. The molecule has 0 aliphatic rings. The molecule has 0 atom stereocenters. The van der Waals surface area contributed by atoms with Crippen LogP contribution in [0, 0.1) is 6.92 Å². The van der Waals surface area contributed by atoms with E-state index >= 15 is 0 Å². The Bertz CT molecular complexity index is 655. The molecular weight excluding hydrogens is 301 g/mol. The van der Waals surface area contributed by atoms with Gasteiger partial charge in [-0.2, -0.15) is 18.2 Å². The summed E-state index contributed by atoms with van der Waals surface area (Å²) in [5, 5.41) is 8.32. The lowest BCUT2D eigenvalue weighted by Crippen LogP contribution is -2.34. The topological polar surface area (TPSA) is 80.0 Å². The third-order valence-electron chi connectivity index (χ3n) is 2.62. The van der Waals surface area contributed by atoms with E-state index in [1.165, 1.54) is 6.07 Å². The maximum absolute atomic E-state index is 12.1. The first-order valence-electron chi connectivity index (χ1n) is 6.32. The molecule has 0 radical (unpaired) electrons. The zero-order chi connectivity index (χ0) is 16.2. The standard InChI is InChI=1S/C13H13F3N4O2/c1-8-19-11(22-20-8)6-17-10-5-3-2-4-9(10)12(21)18-7-13(14,15)16/h2-5,17H,6-7H2,1H3,(H,18,21). The number of carbonyl (C=O) groups excluding carboxylic acids is 1. The second-order valence-corrected chi connectivity index (χ2v) is 4.43. The maximum Gasteiger partial charge on any atom is 0.405 e. The molecule has 0 aliphatic carbocycles. The molecule has 1 aromatic carbocycles. The first-order chi connectivity index (χ1) is 10.3. The summed E-state index contributed by atoms with van der Waals surface area (Å²) >= 11 is 0. The van der Waals surface area contributed by atoms with Gasteiger partial charge in [0.25, 0.3) is 5.91 Å². The molecule has 0 spiro atoms. The van der Waals surface area contributed by atoms with Crippen LogP contribution < -0.4 is 10.6 Å². The lowest BCUT2D eigenvalue weighted by molar-refractivity contribution is -0.123. The van der Waals surface area contributed by atoms with Crippen LogP contribution >= 0.6 is 0 Å². The van der Waals surface area contributed by atoms with Gasteiger partial charge in [-0.05, 0) is 19.1 Å². The Morgan fingerprint density at radius 2 is 2.05 bits per heavy atom. The highest BCUT2D eigenvalue weighted by atomic mass is 19.4. The normalized spacial score (nSPS) is 11.3. The van der Waals surface area contributed by atoms with E-state index in [-0.39, 0.29) is 12.1 Å². The highest BCUT2D eigenvalue weighted by Gasteiger charge is 2.28. The molecule has 2 rings (SSSR count). The minimum atomic E-state index is -4.46. The van der Waals surface area contributed by atoms with Crippen LogP contribution in [0.25, 0.3) is 0 Å². The Balaban J connectivity index is 2.04. The minimum absolute atomic E-state index is 0.1000. The molecule has 0 aliphatic heterocycles. The summed E-state index contributed by atoms with van der Waals surface area (Å²) in [5.41, 5.74) is 0.473. The predicted molar refractivity (Wildman–Crippen MR) is 71.2 cm³/mol. The van der Waals surface area contributed by atoms with Crippen LogP contribution in [0.2, 0.25) is 0 Å². The highest BCUT2D eigenvalue weighted by Crippen LogP contribution is 2.17. The minimum Gasteiger partial charge on any atom is -0.375 e. The van der Waals surface area contributed by atoms with Crippen LogP contribution in [0.1, 0.15) is 22.1 Å². The van der Waals surface area contributed by atoms with Gasteiger partial charge in [-0.25, -0.2) is 0 Å². The molecular formula is C13H13F3N4O2. The van der Waals surface area contributed by atoms with E-state index in [9.17, 15) is 18.0 Å². The number of para-hydroxylation sites is 1. The van der Waals surface area contributed by atoms with Crippen LogP contribution in [0.15, 0.2) is 28.8 Å². The Kier molecular flexibility index (Phi) is 4.64. The molecule has 2 aromatic rings. The van der Waals surface area contributed by atoms with Gasteiger partial charge in [0.1, 0.15) is 6.54 Å². The summed E-state index contributed by atoms with van der Waals surface area (Å²) in [7, 11) is 0. The summed E-state index contributed by atoms with van der Waals surface area (Å²) in [6.07, 6.45) is -4.46. The molecule has 1 amide bonds. The van der Waals surface area contributed by atoms with Crippen molar-refractivity contribution < 1.29 is 22.5 Å². The van der Waals surface area contributed by atoms with Crippen LogP contribution in [-0.2, 0) is 6.54 Å². The van der Waals surface area contributed by atoms with Crippen molar-refractivity contribution in [3.8, 4) is 0 Å². The fourth-order valence-corrected chi connectivity index (χ4v) is 1.69. The largest absolute Gasteiger partial charge is 0.405 e. The van der Waals surface area contributed by atoms with Gasteiger partial charge in [-0.15, -0.1) is 0 Å². The number of hydrogen-bond acceptors (Lipinski definition) is 5. The summed E-state index contributed by atoms with van der Waals surface area (Å²) < 4.78 is 41.3. The summed E-state index contributed by atoms with van der Waals surface area (Å²) in [6.45, 7) is 0.430. The molecule has 2 N–H and O–H groups in total. The van der Waals surface area contributed by atoms with Crippen molar-refractivity contribution >= 4 is 11.6 Å². The number of aromatic nitrogens is 2. The summed E-state index contributed by atoms with van der Waals surface area (Å²) in [4.78, 5) is 15.8. The molecule has 0 saturated heterocycles. The van der Waals surface area contributed by atoms with Crippen molar-refractivity contribution in [2.45, 2.75) is 19.6 Å². The molecule has 9 heteroatoms. The number of aryl methyl sites for hydroxylation is 1. The predicted octanol–water partition coefficient (Wildman–Crippen LogP) is 2.28. The van der Waals surface area contributed by atoms with Crippen LogP contribution in [0.3, 0.4) is 0 Å². The second kappa shape index (κ2) is 6.46.